The van der Waals surface area contributed by atoms with Gasteiger partial charge in [0.25, 0.3) is 0 Å². The van der Waals surface area contributed by atoms with E-state index in [0.717, 1.165) is 21.7 Å². The van der Waals surface area contributed by atoms with Gasteiger partial charge >= 0.3 is 0 Å². The maximum Gasteiger partial charge on any atom is 0.0574 e. The fourth-order valence-corrected chi connectivity index (χ4v) is 3.20. The molecule has 2 aromatic carbocycles. The number of hydrogen-bond donors (Lipinski definition) is 1. The van der Waals surface area contributed by atoms with Gasteiger partial charge in [-0.25, -0.2) is 0 Å². The molecule has 1 atom stereocenters. The Kier molecular flexibility index (Phi) is 4.04. The first-order chi connectivity index (χ1) is 8.58. The molecule has 94 valence electrons. The predicted octanol–water partition coefficient (Wildman–Crippen LogP) is 3.54. The standard InChI is InChI=1S/C14H14ClNOS/c1-10-11(4-2-7-14(10)16)9-18(17)13-6-3-5-12(15)8-13/h2-8H,9,16H2,1H3. The van der Waals surface area contributed by atoms with Gasteiger partial charge in [0.15, 0.2) is 0 Å². The second kappa shape index (κ2) is 5.55. The average Bonchev–Trinajstić information content (AvgIpc) is 2.35. The van der Waals surface area contributed by atoms with E-state index in [0.29, 0.717) is 10.8 Å². The zero-order valence-electron chi connectivity index (χ0n) is 10.0. The second-order valence-electron chi connectivity index (χ2n) is 4.08. The molecular weight excluding hydrogens is 266 g/mol. The molecule has 0 fully saturated rings. The minimum Gasteiger partial charge on any atom is -0.399 e. The molecule has 2 N–H and O–H groups in total. The highest BCUT2D eigenvalue weighted by molar-refractivity contribution is 7.84. The molecule has 0 bridgehead atoms. The lowest BCUT2D eigenvalue weighted by molar-refractivity contribution is 0.682. The number of rotatable bonds is 3. The highest BCUT2D eigenvalue weighted by atomic mass is 35.5. The summed E-state index contributed by atoms with van der Waals surface area (Å²) in [6.45, 7) is 1.94. The van der Waals surface area contributed by atoms with Crippen molar-refractivity contribution in [1.82, 2.24) is 0 Å². The van der Waals surface area contributed by atoms with Crippen LogP contribution in [0.15, 0.2) is 47.4 Å². The number of hydrogen-bond acceptors (Lipinski definition) is 2. The Morgan fingerprint density at radius 3 is 2.67 bits per heavy atom. The van der Waals surface area contributed by atoms with Crippen molar-refractivity contribution in [2.24, 2.45) is 0 Å². The average molecular weight is 280 g/mol. The van der Waals surface area contributed by atoms with Crippen molar-refractivity contribution >= 4 is 28.1 Å². The van der Waals surface area contributed by atoms with Crippen LogP contribution in [0.3, 0.4) is 0 Å². The van der Waals surface area contributed by atoms with Crippen LogP contribution in [0.2, 0.25) is 5.02 Å². The lowest BCUT2D eigenvalue weighted by Gasteiger charge is -2.08. The van der Waals surface area contributed by atoms with E-state index in [-0.39, 0.29) is 0 Å². The molecule has 0 amide bonds. The monoisotopic (exact) mass is 279 g/mol. The molecule has 4 heteroatoms. The smallest absolute Gasteiger partial charge is 0.0574 e. The Balaban J connectivity index is 2.24. The van der Waals surface area contributed by atoms with Gasteiger partial charge in [-0.2, -0.15) is 0 Å². The maximum atomic E-state index is 12.2. The molecule has 2 rings (SSSR count). The lowest BCUT2D eigenvalue weighted by atomic mass is 10.1. The largest absolute Gasteiger partial charge is 0.399 e. The van der Waals surface area contributed by atoms with Gasteiger partial charge in [0.2, 0.25) is 0 Å². The number of nitrogens with two attached hydrogens (primary N) is 1. The van der Waals surface area contributed by atoms with Crippen molar-refractivity contribution in [1.29, 1.82) is 0 Å². The van der Waals surface area contributed by atoms with Gasteiger partial charge in [-0.15, -0.1) is 0 Å². The fraction of sp³-hybridized carbons (Fsp3) is 0.143. The van der Waals surface area contributed by atoms with Crippen LogP contribution in [-0.2, 0) is 16.6 Å². The molecule has 0 aliphatic carbocycles. The van der Waals surface area contributed by atoms with Crippen molar-refractivity contribution < 1.29 is 4.21 Å². The van der Waals surface area contributed by atoms with E-state index >= 15 is 0 Å². The molecule has 0 aromatic heterocycles. The van der Waals surface area contributed by atoms with Gasteiger partial charge in [0.05, 0.1) is 16.6 Å². The molecule has 0 aliphatic heterocycles. The lowest BCUT2D eigenvalue weighted by Crippen LogP contribution is -2.00. The first kappa shape index (κ1) is 13.1. The number of halogens is 1. The van der Waals surface area contributed by atoms with E-state index in [1.165, 1.54) is 0 Å². The fourth-order valence-electron chi connectivity index (χ4n) is 1.69. The first-order valence-electron chi connectivity index (χ1n) is 5.56. The minimum absolute atomic E-state index is 0.456. The van der Waals surface area contributed by atoms with E-state index in [2.05, 4.69) is 0 Å². The molecule has 0 saturated carbocycles. The molecule has 1 unspecified atom stereocenters. The van der Waals surface area contributed by atoms with Crippen molar-refractivity contribution in [2.75, 3.05) is 5.73 Å². The summed E-state index contributed by atoms with van der Waals surface area (Å²) in [5, 5.41) is 0.602. The van der Waals surface area contributed by atoms with E-state index in [9.17, 15) is 4.21 Å². The number of anilines is 1. The van der Waals surface area contributed by atoms with Crippen LogP contribution in [0.5, 0.6) is 0 Å². The van der Waals surface area contributed by atoms with Crippen LogP contribution in [-0.4, -0.2) is 4.21 Å². The molecule has 0 saturated heterocycles. The summed E-state index contributed by atoms with van der Waals surface area (Å²) in [6.07, 6.45) is 0. The van der Waals surface area contributed by atoms with Crippen molar-refractivity contribution in [2.45, 2.75) is 17.6 Å². The zero-order chi connectivity index (χ0) is 13.1. The summed E-state index contributed by atoms with van der Waals surface area (Å²) in [4.78, 5) is 0.740. The summed E-state index contributed by atoms with van der Waals surface area (Å²) in [6, 6.07) is 12.8. The van der Waals surface area contributed by atoms with E-state index < -0.39 is 10.8 Å². The van der Waals surface area contributed by atoms with Gasteiger partial charge in [0.1, 0.15) is 0 Å². The topological polar surface area (TPSA) is 43.1 Å². The normalized spacial score (nSPS) is 12.3. The zero-order valence-corrected chi connectivity index (χ0v) is 11.6. The Morgan fingerprint density at radius 1 is 1.22 bits per heavy atom. The second-order valence-corrected chi connectivity index (χ2v) is 5.97. The van der Waals surface area contributed by atoms with Crippen molar-refractivity contribution in [3.63, 3.8) is 0 Å². The van der Waals surface area contributed by atoms with Crippen LogP contribution in [0.1, 0.15) is 11.1 Å². The Bertz CT molecular complexity index is 598. The minimum atomic E-state index is -1.10. The molecule has 0 radical (unpaired) electrons. The van der Waals surface area contributed by atoms with E-state index in [1.54, 1.807) is 12.1 Å². The third-order valence-corrected chi connectivity index (χ3v) is 4.42. The quantitative estimate of drug-likeness (QED) is 0.874. The third kappa shape index (κ3) is 2.92. The van der Waals surface area contributed by atoms with Crippen LogP contribution >= 0.6 is 11.6 Å². The van der Waals surface area contributed by atoms with Crippen LogP contribution in [0, 0.1) is 6.92 Å². The van der Waals surface area contributed by atoms with Crippen molar-refractivity contribution in [3.05, 3.63) is 58.6 Å². The van der Waals surface area contributed by atoms with Crippen LogP contribution < -0.4 is 5.73 Å². The Morgan fingerprint density at radius 2 is 1.94 bits per heavy atom. The van der Waals surface area contributed by atoms with Gasteiger partial charge in [-0.3, -0.25) is 4.21 Å². The molecule has 18 heavy (non-hydrogen) atoms. The number of nitrogen functional groups attached to an aromatic ring is 1. The SMILES string of the molecule is Cc1c(N)cccc1CS(=O)c1cccc(Cl)c1. The van der Waals surface area contributed by atoms with Crippen LogP contribution in [0.25, 0.3) is 0 Å². The highest BCUT2D eigenvalue weighted by Gasteiger charge is 2.08. The molecule has 0 aliphatic rings. The summed E-state index contributed by atoms with van der Waals surface area (Å²) in [7, 11) is -1.10. The van der Waals surface area contributed by atoms with Crippen molar-refractivity contribution in [3.8, 4) is 0 Å². The molecule has 2 nitrogen and oxygen atoms in total. The van der Waals surface area contributed by atoms with Gasteiger partial charge in [-0.05, 0) is 42.3 Å². The molecule has 0 spiro atoms. The Hall–Kier alpha value is -1.32. The predicted molar refractivity (Wildman–Crippen MR) is 77.2 cm³/mol. The Labute approximate surface area is 114 Å². The van der Waals surface area contributed by atoms with E-state index in [4.69, 9.17) is 17.3 Å². The van der Waals surface area contributed by atoms with Crippen LogP contribution in [0.4, 0.5) is 5.69 Å². The number of benzene rings is 2. The summed E-state index contributed by atoms with van der Waals surface area (Å²) < 4.78 is 12.2. The maximum absolute atomic E-state index is 12.2. The summed E-state index contributed by atoms with van der Waals surface area (Å²) >= 11 is 5.89. The highest BCUT2D eigenvalue weighted by Crippen LogP contribution is 2.21. The molecule has 0 heterocycles. The first-order valence-corrected chi connectivity index (χ1v) is 7.25. The van der Waals surface area contributed by atoms with E-state index in [1.807, 2.05) is 37.3 Å². The van der Waals surface area contributed by atoms with Gasteiger partial charge in [0, 0.05) is 15.6 Å². The molecular formula is C14H14ClNOS. The van der Waals surface area contributed by atoms with Gasteiger partial charge in [-0.1, -0.05) is 29.8 Å². The summed E-state index contributed by atoms with van der Waals surface area (Å²) in [5.74, 6) is 0.456. The summed E-state index contributed by atoms with van der Waals surface area (Å²) in [5.41, 5.74) is 8.57. The van der Waals surface area contributed by atoms with Gasteiger partial charge < -0.3 is 5.73 Å². The molecule has 2 aromatic rings. The third-order valence-electron chi connectivity index (χ3n) is 2.83.